The second kappa shape index (κ2) is 4.08. The molecule has 1 aromatic carbocycles. The Labute approximate surface area is 89.5 Å². The van der Waals surface area contributed by atoms with Crippen molar-refractivity contribution >= 4 is 11.4 Å². The fourth-order valence-corrected chi connectivity index (χ4v) is 2.04. The van der Waals surface area contributed by atoms with Gasteiger partial charge in [0.25, 0.3) is 0 Å². The molecule has 1 unspecified atom stereocenters. The van der Waals surface area contributed by atoms with Gasteiger partial charge in [0.2, 0.25) is 0 Å². The Balaban J connectivity index is 2.27. The van der Waals surface area contributed by atoms with Gasteiger partial charge in [0.15, 0.2) is 0 Å². The summed E-state index contributed by atoms with van der Waals surface area (Å²) in [5.41, 5.74) is 14.3. The zero-order valence-corrected chi connectivity index (χ0v) is 8.69. The molecular weight excluding hydrogens is 190 g/mol. The van der Waals surface area contributed by atoms with Crippen LogP contribution >= 0.6 is 0 Å². The zero-order valence-electron chi connectivity index (χ0n) is 8.69. The molecular formula is C11H17N3O. The number of aliphatic hydroxyl groups is 1. The lowest BCUT2D eigenvalue weighted by molar-refractivity contribution is 0.198. The second-order valence-electron chi connectivity index (χ2n) is 3.98. The summed E-state index contributed by atoms with van der Waals surface area (Å²) in [5, 5.41) is 9.48. The first-order valence-corrected chi connectivity index (χ1v) is 5.22. The quantitative estimate of drug-likeness (QED) is 0.610. The number of benzene rings is 1. The van der Waals surface area contributed by atoms with Crippen LogP contribution in [0.3, 0.4) is 0 Å². The van der Waals surface area contributed by atoms with E-state index in [4.69, 9.17) is 11.5 Å². The van der Waals surface area contributed by atoms with Crippen molar-refractivity contribution in [2.24, 2.45) is 5.73 Å². The summed E-state index contributed by atoms with van der Waals surface area (Å²) in [6, 6.07) is 5.76. The molecule has 4 heteroatoms. The van der Waals surface area contributed by atoms with Gasteiger partial charge < -0.3 is 21.5 Å². The molecule has 0 amide bonds. The minimum Gasteiger partial charge on any atom is -0.399 e. The van der Waals surface area contributed by atoms with Gasteiger partial charge in [0, 0.05) is 31.0 Å². The van der Waals surface area contributed by atoms with Crippen LogP contribution in [0.2, 0.25) is 0 Å². The third-order valence-electron chi connectivity index (χ3n) is 2.83. The molecule has 1 aliphatic rings. The van der Waals surface area contributed by atoms with Crippen molar-refractivity contribution < 1.29 is 5.11 Å². The Morgan fingerprint density at radius 2 is 2.27 bits per heavy atom. The third kappa shape index (κ3) is 2.06. The zero-order chi connectivity index (χ0) is 10.8. The van der Waals surface area contributed by atoms with Gasteiger partial charge in [-0.05, 0) is 30.2 Å². The van der Waals surface area contributed by atoms with Gasteiger partial charge in [-0.15, -0.1) is 0 Å². The molecule has 0 aliphatic carbocycles. The highest BCUT2D eigenvalue weighted by Crippen LogP contribution is 2.26. The van der Waals surface area contributed by atoms with E-state index in [9.17, 15) is 5.11 Å². The van der Waals surface area contributed by atoms with E-state index < -0.39 is 0 Å². The van der Waals surface area contributed by atoms with Gasteiger partial charge in [-0.2, -0.15) is 0 Å². The largest absolute Gasteiger partial charge is 0.399 e. The lowest BCUT2D eigenvalue weighted by Crippen LogP contribution is -2.23. The van der Waals surface area contributed by atoms with Crippen LogP contribution in [0.4, 0.5) is 11.4 Å². The van der Waals surface area contributed by atoms with E-state index in [2.05, 4.69) is 4.90 Å². The van der Waals surface area contributed by atoms with E-state index >= 15 is 0 Å². The average molecular weight is 207 g/mol. The topological polar surface area (TPSA) is 75.5 Å². The van der Waals surface area contributed by atoms with Gasteiger partial charge in [-0.3, -0.25) is 0 Å². The number of nitrogens with two attached hydrogens (primary N) is 2. The van der Waals surface area contributed by atoms with Crippen LogP contribution in [0, 0.1) is 0 Å². The molecule has 5 N–H and O–H groups in total. The lowest BCUT2D eigenvalue weighted by Gasteiger charge is -2.21. The number of hydrogen-bond donors (Lipinski definition) is 3. The van der Waals surface area contributed by atoms with E-state index in [1.54, 1.807) is 0 Å². The fourth-order valence-electron chi connectivity index (χ4n) is 2.04. The molecule has 0 bridgehead atoms. The normalized spacial score (nSPS) is 20.9. The molecule has 0 spiro atoms. The predicted molar refractivity (Wildman–Crippen MR) is 61.6 cm³/mol. The molecule has 1 aliphatic heterocycles. The number of aliphatic hydroxyl groups excluding tert-OH is 1. The Kier molecular flexibility index (Phi) is 2.79. The van der Waals surface area contributed by atoms with Crippen LogP contribution in [-0.2, 0) is 6.54 Å². The third-order valence-corrected chi connectivity index (χ3v) is 2.83. The first-order chi connectivity index (χ1) is 7.20. The molecule has 1 aromatic rings. The van der Waals surface area contributed by atoms with E-state index in [1.807, 2.05) is 18.2 Å². The van der Waals surface area contributed by atoms with E-state index in [0.717, 1.165) is 29.9 Å². The van der Waals surface area contributed by atoms with Crippen LogP contribution in [0.5, 0.6) is 0 Å². The fraction of sp³-hybridized carbons (Fsp3) is 0.455. The van der Waals surface area contributed by atoms with Crippen molar-refractivity contribution in [3.8, 4) is 0 Å². The number of hydrogen-bond acceptors (Lipinski definition) is 4. The van der Waals surface area contributed by atoms with Crippen molar-refractivity contribution in [3.05, 3.63) is 23.8 Å². The van der Waals surface area contributed by atoms with E-state index in [1.165, 1.54) is 0 Å². The highest BCUT2D eigenvalue weighted by atomic mass is 16.3. The van der Waals surface area contributed by atoms with Gasteiger partial charge in [-0.1, -0.05) is 0 Å². The molecule has 15 heavy (non-hydrogen) atoms. The molecule has 0 saturated carbocycles. The predicted octanol–water partition coefficient (Wildman–Crippen LogP) is 0.298. The van der Waals surface area contributed by atoms with Crippen molar-refractivity contribution in [2.45, 2.75) is 19.1 Å². The van der Waals surface area contributed by atoms with Crippen molar-refractivity contribution in [1.82, 2.24) is 0 Å². The van der Waals surface area contributed by atoms with Crippen molar-refractivity contribution in [1.29, 1.82) is 0 Å². The Morgan fingerprint density at radius 1 is 1.47 bits per heavy atom. The summed E-state index contributed by atoms with van der Waals surface area (Å²) in [6.07, 6.45) is 0.613. The van der Waals surface area contributed by atoms with Crippen LogP contribution < -0.4 is 16.4 Å². The summed E-state index contributed by atoms with van der Waals surface area (Å²) >= 11 is 0. The minimum absolute atomic E-state index is 0.215. The summed E-state index contributed by atoms with van der Waals surface area (Å²) in [7, 11) is 0. The monoisotopic (exact) mass is 207 g/mol. The van der Waals surface area contributed by atoms with Crippen LogP contribution in [0.1, 0.15) is 12.0 Å². The van der Waals surface area contributed by atoms with Gasteiger partial charge in [0.05, 0.1) is 6.10 Å². The summed E-state index contributed by atoms with van der Waals surface area (Å²) < 4.78 is 0. The number of nitrogens with zero attached hydrogens (tertiary/aromatic N) is 1. The minimum atomic E-state index is -0.215. The van der Waals surface area contributed by atoms with Gasteiger partial charge >= 0.3 is 0 Å². The number of anilines is 2. The maximum atomic E-state index is 9.48. The molecule has 4 nitrogen and oxygen atoms in total. The molecule has 2 rings (SSSR count). The molecule has 0 aromatic heterocycles. The Bertz CT molecular complexity index is 354. The average Bonchev–Trinajstić information content (AvgIpc) is 2.64. The molecule has 1 atom stereocenters. The Hall–Kier alpha value is -1.26. The lowest BCUT2D eigenvalue weighted by atomic mass is 10.1. The summed E-state index contributed by atoms with van der Waals surface area (Å²) in [6.45, 7) is 2.06. The molecule has 1 saturated heterocycles. The number of nitrogen functional groups attached to an aromatic ring is 1. The van der Waals surface area contributed by atoms with Crippen LogP contribution in [-0.4, -0.2) is 24.3 Å². The van der Waals surface area contributed by atoms with Crippen molar-refractivity contribution in [3.63, 3.8) is 0 Å². The van der Waals surface area contributed by atoms with Crippen molar-refractivity contribution in [2.75, 3.05) is 23.7 Å². The maximum Gasteiger partial charge on any atom is 0.0731 e. The van der Waals surface area contributed by atoms with Crippen LogP contribution in [0.15, 0.2) is 18.2 Å². The van der Waals surface area contributed by atoms with Gasteiger partial charge in [-0.25, -0.2) is 0 Å². The second-order valence-corrected chi connectivity index (χ2v) is 3.98. The first kappa shape index (κ1) is 10.3. The Morgan fingerprint density at radius 3 is 2.87 bits per heavy atom. The first-order valence-electron chi connectivity index (χ1n) is 5.22. The maximum absolute atomic E-state index is 9.48. The van der Waals surface area contributed by atoms with Crippen LogP contribution in [0.25, 0.3) is 0 Å². The SMILES string of the molecule is NCc1cc(N)ccc1N1CCC(O)C1. The smallest absolute Gasteiger partial charge is 0.0731 e. The molecule has 1 fully saturated rings. The molecule has 82 valence electrons. The van der Waals surface area contributed by atoms with E-state index in [0.29, 0.717) is 13.1 Å². The number of rotatable bonds is 2. The standard InChI is InChI=1S/C11H17N3O/c12-6-8-5-9(13)1-2-11(8)14-4-3-10(15)7-14/h1-2,5,10,15H,3-4,6-7,12-13H2. The highest BCUT2D eigenvalue weighted by molar-refractivity contribution is 5.60. The summed E-state index contributed by atoms with van der Waals surface area (Å²) in [4.78, 5) is 2.16. The highest BCUT2D eigenvalue weighted by Gasteiger charge is 2.21. The van der Waals surface area contributed by atoms with Gasteiger partial charge in [0.1, 0.15) is 0 Å². The molecule has 1 heterocycles. The molecule has 0 radical (unpaired) electrons. The van der Waals surface area contributed by atoms with E-state index in [-0.39, 0.29) is 6.10 Å². The summed E-state index contributed by atoms with van der Waals surface area (Å²) in [5.74, 6) is 0. The number of β-amino-alcohol motifs (C(OH)–C–C–N with tert-alkyl or cyclic N) is 1.